The van der Waals surface area contributed by atoms with Crippen LogP contribution in [0.15, 0.2) is 88.4 Å². The van der Waals surface area contributed by atoms with E-state index in [2.05, 4.69) is 26.2 Å². The third-order valence-electron chi connectivity index (χ3n) is 4.96. The van der Waals surface area contributed by atoms with Gasteiger partial charge in [-0.2, -0.15) is 0 Å². The van der Waals surface area contributed by atoms with Crippen molar-refractivity contribution in [3.8, 4) is 11.3 Å². The first-order valence-electron chi connectivity index (χ1n) is 9.57. The van der Waals surface area contributed by atoms with Gasteiger partial charge in [0.15, 0.2) is 0 Å². The molecule has 0 saturated heterocycles. The molecular weight excluding hydrogens is 458 g/mol. The third-order valence-corrected chi connectivity index (χ3v) is 5.49. The number of benzene rings is 2. The van der Waals surface area contributed by atoms with Crippen molar-refractivity contribution in [2.75, 3.05) is 5.32 Å². The Hall–Kier alpha value is -3.78. The van der Waals surface area contributed by atoms with Gasteiger partial charge in [-0.15, -0.1) is 0 Å². The van der Waals surface area contributed by atoms with Gasteiger partial charge in [0.2, 0.25) is 11.7 Å². The molecule has 8 heteroatoms. The number of anilines is 1. The summed E-state index contributed by atoms with van der Waals surface area (Å²) >= 11 is 3.39. The second kappa shape index (κ2) is 7.81. The molecule has 0 saturated carbocycles. The van der Waals surface area contributed by atoms with E-state index in [0.29, 0.717) is 22.7 Å². The number of nitrogens with zero attached hydrogens (tertiary/aromatic N) is 4. The summed E-state index contributed by atoms with van der Waals surface area (Å²) in [6, 6.07) is 19.9. The van der Waals surface area contributed by atoms with Crippen molar-refractivity contribution in [3.05, 3.63) is 94.0 Å². The second-order valence-electron chi connectivity index (χ2n) is 6.98. The first-order chi connectivity index (χ1) is 15.1. The standard InChI is InChI=1S/C23H16BrN5O2/c24-16-5-7-17(8-6-16)26-21(30)14-28-19-3-1-2-4-20(19)29-22(31)13-18(27-23(28)29)15-9-11-25-12-10-15/h1-13H,14H2,(H,26,30). The van der Waals surface area contributed by atoms with Crippen molar-refractivity contribution in [1.82, 2.24) is 18.9 Å². The predicted molar refractivity (Wildman–Crippen MR) is 123 cm³/mol. The number of pyridine rings is 1. The number of imidazole rings is 1. The zero-order valence-electron chi connectivity index (χ0n) is 16.2. The maximum atomic E-state index is 13.0. The Morgan fingerprint density at radius 1 is 0.968 bits per heavy atom. The molecule has 0 fully saturated rings. The van der Waals surface area contributed by atoms with E-state index in [1.807, 2.05) is 48.5 Å². The van der Waals surface area contributed by atoms with Gasteiger partial charge in [-0.05, 0) is 48.5 Å². The summed E-state index contributed by atoms with van der Waals surface area (Å²) in [6.45, 7) is 0.0132. The van der Waals surface area contributed by atoms with Crippen LogP contribution in [-0.4, -0.2) is 24.8 Å². The lowest BCUT2D eigenvalue weighted by Crippen LogP contribution is -2.20. The molecule has 0 atom stereocenters. The van der Waals surface area contributed by atoms with Crippen molar-refractivity contribution in [3.63, 3.8) is 0 Å². The van der Waals surface area contributed by atoms with Crippen LogP contribution in [0, 0.1) is 0 Å². The fourth-order valence-corrected chi connectivity index (χ4v) is 3.83. The van der Waals surface area contributed by atoms with Crippen LogP contribution in [0.4, 0.5) is 5.69 Å². The van der Waals surface area contributed by atoms with Gasteiger partial charge in [0.25, 0.3) is 5.56 Å². The number of hydrogen-bond acceptors (Lipinski definition) is 4. The van der Waals surface area contributed by atoms with Gasteiger partial charge in [-0.3, -0.25) is 14.6 Å². The molecule has 0 radical (unpaired) electrons. The SMILES string of the molecule is O=C(Cn1c2ccccc2n2c(=O)cc(-c3ccncc3)nc12)Nc1ccc(Br)cc1. The molecule has 5 rings (SSSR count). The quantitative estimate of drug-likeness (QED) is 0.425. The summed E-state index contributed by atoms with van der Waals surface area (Å²) in [5.74, 6) is 0.195. The first kappa shape index (κ1) is 19.2. The van der Waals surface area contributed by atoms with Crippen LogP contribution in [0.3, 0.4) is 0 Å². The lowest BCUT2D eigenvalue weighted by atomic mass is 10.2. The Labute approximate surface area is 185 Å². The number of aromatic nitrogens is 4. The van der Waals surface area contributed by atoms with Crippen molar-refractivity contribution in [2.45, 2.75) is 6.54 Å². The number of para-hydroxylation sites is 2. The highest BCUT2D eigenvalue weighted by Crippen LogP contribution is 2.22. The van der Waals surface area contributed by atoms with E-state index in [9.17, 15) is 9.59 Å². The van der Waals surface area contributed by atoms with Gasteiger partial charge < -0.3 is 9.88 Å². The van der Waals surface area contributed by atoms with E-state index in [4.69, 9.17) is 4.98 Å². The predicted octanol–water partition coefficient (Wildman–Crippen LogP) is 4.11. The average molecular weight is 474 g/mol. The molecule has 0 aliphatic heterocycles. The van der Waals surface area contributed by atoms with E-state index < -0.39 is 0 Å². The number of amides is 1. The molecular formula is C23H16BrN5O2. The van der Waals surface area contributed by atoms with Crippen LogP contribution < -0.4 is 10.9 Å². The molecule has 0 spiro atoms. The molecule has 1 N–H and O–H groups in total. The van der Waals surface area contributed by atoms with E-state index in [-0.39, 0.29) is 18.0 Å². The highest BCUT2D eigenvalue weighted by molar-refractivity contribution is 9.10. The molecule has 31 heavy (non-hydrogen) atoms. The lowest BCUT2D eigenvalue weighted by molar-refractivity contribution is -0.116. The smallest absolute Gasteiger partial charge is 0.260 e. The lowest BCUT2D eigenvalue weighted by Gasteiger charge is -2.08. The Morgan fingerprint density at radius 2 is 1.68 bits per heavy atom. The second-order valence-corrected chi connectivity index (χ2v) is 7.90. The van der Waals surface area contributed by atoms with Gasteiger partial charge >= 0.3 is 0 Å². The van der Waals surface area contributed by atoms with Crippen molar-refractivity contribution < 1.29 is 4.79 Å². The topological polar surface area (TPSA) is 81.3 Å². The van der Waals surface area contributed by atoms with Crippen LogP contribution in [0.1, 0.15) is 0 Å². The normalized spacial score (nSPS) is 11.1. The maximum absolute atomic E-state index is 13.0. The summed E-state index contributed by atoms with van der Waals surface area (Å²) < 4.78 is 4.22. The molecule has 0 aliphatic rings. The number of nitrogens with one attached hydrogen (secondary N) is 1. The van der Waals surface area contributed by atoms with E-state index >= 15 is 0 Å². The van der Waals surface area contributed by atoms with Gasteiger partial charge in [-0.25, -0.2) is 9.38 Å². The van der Waals surface area contributed by atoms with Gasteiger partial charge in [-0.1, -0.05) is 28.1 Å². The summed E-state index contributed by atoms with van der Waals surface area (Å²) in [5.41, 5.74) is 3.25. The largest absolute Gasteiger partial charge is 0.325 e. The molecule has 0 aliphatic carbocycles. The first-order valence-corrected chi connectivity index (χ1v) is 10.4. The van der Waals surface area contributed by atoms with Crippen LogP contribution in [0.2, 0.25) is 0 Å². The minimum absolute atomic E-state index is 0.0132. The zero-order valence-corrected chi connectivity index (χ0v) is 17.8. The van der Waals surface area contributed by atoms with Crippen molar-refractivity contribution >= 4 is 44.3 Å². The van der Waals surface area contributed by atoms with E-state index in [1.165, 1.54) is 10.5 Å². The fraction of sp³-hybridized carbons (Fsp3) is 0.0435. The Bertz CT molecular complexity index is 1470. The molecule has 1 amide bonds. The summed E-state index contributed by atoms with van der Waals surface area (Å²) in [6.07, 6.45) is 3.31. The van der Waals surface area contributed by atoms with Crippen LogP contribution in [0.5, 0.6) is 0 Å². The van der Waals surface area contributed by atoms with E-state index in [1.54, 1.807) is 29.1 Å². The molecule has 0 bridgehead atoms. The number of carbonyl (C=O) groups is 1. The van der Waals surface area contributed by atoms with Gasteiger partial charge in [0.1, 0.15) is 6.54 Å². The van der Waals surface area contributed by atoms with Crippen LogP contribution >= 0.6 is 15.9 Å². The molecule has 2 aromatic carbocycles. The monoisotopic (exact) mass is 473 g/mol. The van der Waals surface area contributed by atoms with Crippen molar-refractivity contribution in [2.24, 2.45) is 0 Å². The van der Waals surface area contributed by atoms with E-state index in [0.717, 1.165) is 15.6 Å². The molecule has 0 unspecified atom stereocenters. The third kappa shape index (κ3) is 3.62. The molecule has 7 nitrogen and oxygen atoms in total. The van der Waals surface area contributed by atoms with Crippen LogP contribution in [0.25, 0.3) is 28.1 Å². The average Bonchev–Trinajstić information content (AvgIpc) is 3.10. The molecule has 3 aromatic heterocycles. The number of carbonyl (C=O) groups excluding carboxylic acids is 1. The highest BCUT2D eigenvalue weighted by Gasteiger charge is 2.17. The van der Waals surface area contributed by atoms with Crippen molar-refractivity contribution in [1.29, 1.82) is 0 Å². The number of hydrogen-bond donors (Lipinski definition) is 1. The number of fused-ring (bicyclic) bond motifs is 3. The fourth-order valence-electron chi connectivity index (χ4n) is 3.57. The molecule has 3 heterocycles. The number of rotatable bonds is 4. The maximum Gasteiger partial charge on any atom is 0.260 e. The Morgan fingerprint density at radius 3 is 2.42 bits per heavy atom. The van der Waals surface area contributed by atoms with Gasteiger partial charge in [0.05, 0.1) is 16.7 Å². The minimum atomic E-state index is -0.214. The Balaban J connectivity index is 1.63. The summed E-state index contributed by atoms with van der Waals surface area (Å²) in [7, 11) is 0. The van der Waals surface area contributed by atoms with Crippen LogP contribution in [-0.2, 0) is 11.3 Å². The molecule has 5 aromatic rings. The molecule has 152 valence electrons. The minimum Gasteiger partial charge on any atom is -0.325 e. The van der Waals surface area contributed by atoms with Gasteiger partial charge in [0, 0.05) is 34.2 Å². The summed E-state index contributed by atoms with van der Waals surface area (Å²) in [5, 5.41) is 2.89. The number of halogens is 1. The highest BCUT2D eigenvalue weighted by atomic mass is 79.9. The summed E-state index contributed by atoms with van der Waals surface area (Å²) in [4.78, 5) is 34.6. The Kier molecular flexibility index (Phi) is 4.83. The zero-order chi connectivity index (χ0) is 21.4.